The predicted molar refractivity (Wildman–Crippen MR) is 140 cm³/mol. The van der Waals surface area contributed by atoms with Gasteiger partial charge >= 0.3 is 0 Å². The molecule has 3 rings (SSSR count). The summed E-state index contributed by atoms with van der Waals surface area (Å²) in [5.41, 5.74) is 14.6. The Bertz CT molecular complexity index is 1170. The van der Waals surface area contributed by atoms with Crippen molar-refractivity contribution >= 4 is 11.6 Å². The molecule has 0 aliphatic carbocycles. The second-order valence-corrected chi connectivity index (χ2v) is 9.51. The number of carbonyl (C=O) groups excluding carboxylic acids is 2. The standard InChI is InChI=1S/C30H34F2N2O3/c31-24-14-15-26(32)23(18-24)19-25(33)8-4-5-9-28(35)22-12-10-21(11-13-22)17-29(36)30(37)27(34)16-20-6-2-1-3-7-20/h1-3,6-7,10-15,18,25,27,30,37H,4-5,8-9,16-17,19,33-34H2. The smallest absolute Gasteiger partial charge is 0.167 e. The van der Waals surface area contributed by atoms with Crippen LogP contribution >= 0.6 is 0 Å². The number of unbranched alkanes of at least 4 members (excludes halogenated alkanes) is 1. The van der Waals surface area contributed by atoms with Crippen LogP contribution in [0.1, 0.15) is 52.7 Å². The topological polar surface area (TPSA) is 106 Å². The second kappa shape index (κ2) is 13.9. The van der Waals surface area contributed by atoms with Crippen LogP contribution in [0.15, 0.2) is 72.8 Å². The summed E-state index contributed by atoms with van der Waals surface area (Å²) in [5, 5.41) is 10.3. The molecule has 0 radical (unpaired) electrons. The van der Waals surface area contributed by atoms with Crippen LogP contribution in [0.5, 0.6) is 0 Å². The van der Waals surface area contributed by atoms with E-state index >= 15 is 0 Å². The molecule has 3 unspecified atom stereocenters. The Kier molecular flexibility index (Phi) is 10.6. The molecule has 7 heteroatoms. The van der Waals surface area contributed by atoms with Crippen LogP contribution in [-0.4, -0.2) is 34.9 Å². The van der Waals surface area contributed by atoms with Crippen molar-refractivity contribution in [1.82, 2.24) is 0 Å². The molecule has 0 saturated carbocycles. The Morgan fingerprint density at radius 2 is 1.54 bits per heavy atom. The summed E-state index contributed by atoms with van der Waals surface area (Å²) in [6.45, 7) is 0. The van der Waals surface area contributed by atoms with Crippen LogP contribution in [0.4, 0.5) is 8.78 Å². The molecule has 3 aromatic rings. The van der Waals surface area contributed by atoms with Crippen molar-refractivity contribution in [1.29, 1.82) is 0 Å². The Labute approximate surface area is 216 Å². The SMILES string of the molecule is NC(CCCCC(=O)c1ccc(CC(=O)C(O)C(N)Cc2ccccc2)cc1)Cc1cc(F)ccc1F. The monoisotopic (exact) mass is 508 g/mol. The molecule has 0 aliphatic rings. The highest BCUT2D eigenvalue weighted by atomic mass is 19.1. The minimum atomic E-state index is -1.27. The number of hydrogen-bond donors (Lipinski definition) is 3. The van der Waals surface area contributed by atoms with Gasteiger partial charge in [-0.3, -0.25) is 9.59 Å². The first-order chi connectivity index (χ1) is 17.7. The van der Waals surface area contributed by atoms with E-state index in [0.29, 0.717) is 43.2 Å². The fourth-order valence-corrected chi connectivity index (χ4v) is 4.27. The molecule has 0 bridgehead atoms. The van der Waals surface area contributed by atoms with Gasteiger partial charge in [0.15, 0.2) is 11.6 Å². The molecule has 0 aliphatic heterocycles. The van der Waals surface area contributed by atoms with Crippen LogP contribution in [0.2, 0.25) is 0 Å². The predicted octanol–water partition coefficient (Wildman–Crippen LogP) is 4.32. The van der Waals surface area contributed by atoms with E-state index in [1.165, 1.54) is 0 Å². The van der Waals surface area contributed by atoms with Gasteiger partial charge < -0.3 is 16.6 Å². The van der Waals surface area contributed by atoms with E-state index in [-0.39, 0.29) is 36.0 Å². The molecule has 0 heterocycles. The second-order valence-electron chi connectivity index (χ2n) is 9.51. The maximum Gasteiger partial charge on any atom is 0.167 e. The quantitative estimate of drug-likeness (QED) is 0.222. The third-order valence-electron chi connectivity index (χ3n) is 6.42. The summed E-state index contributed by atoms with van der Waals surface area (Å²) >= 11 is 0. The number of aliphatic hydroxyl groups excluding tert-OH is 1. The number of rotatable bonds is 14. The van der Waals surface area contributed by atoms with Gasteiger partial charge in [-0.2, -0.15) is 0 Å². The van der Waals surface area contributed by atoms with Crippen LogP contribution in [-0.2, 0) is 24.1 Å². The minimum Gasteiger partial charge on any atom is -0.384 e. The van der Waals surface area contributed by atoms with Gasteiger partial charge in [0.25, 0.3) is 0 Å². The molecule has 0 aromatic heterocycles. The fourth-order valence-electron chi connectivity index (χ4n) is 4.27. The number of carbonyl (C=O) groups is 2. The Hall–Kier alpha value is -3.26. The summed E-state index contributed by atoms with van der Waals surface area (Å²) in [7, 11) is 0. The average Bonchev–Trinajstić information content (AvgIpc) is 2.89. The maximum absolute atomic E-state index is 13.8. The van der Waals surface area contributed by atoms with Gasteiger partial charge in [-0.1, -0.05) is 61.0 Å². The molecule has 3 atom stereocenters. The lowest BCUT2D eigenvalue weighted by molar-refractivity contribution is -0.127. The normalized spacial score (nSPS) is 13.6. The molecule has 0 fully saturated rings. The number of halogens is 2. The lowest BCUT2D eigenvalue weighted by Crippen LogP contribution is -2.42. The lowest BCUT2D eigenvalue weighted by Gasteiger charge is -2.18. The summed E-state index contributed by atoms with van der Waals surface area (Å²) in [6.07, 6.45) is 1.65. The first kappa shape index (κ1) is 28.3. The van der Waals surface area contributed by atoms with E-state index in [0.717, 1.165) is 23.8 Å². The van der Waals surface area contributed by atoms with Gasteiger partial charge in [0.1, 0.15) is 17.7 Å². The number of nitrogens with two attached hydrogens (primary N) is 2. The number of aliphatic hydroxyl groups is 1. The average molecular weight is 509 g/mol. The van der Waals surface area contributed by atoms with E-state index < -0.39 is 23.8 Å². The molecule has 5 N–H and O–H groups in total. The van der Waals surface area contributed by atoms with E-state index in [1.54, 1.807) is 24.3 Å². The molecule has 0 amide bonds. The molecule has 196 valence electrons. The fraction of sp³-hybridized carbons (Fsp3) is 0.333. The van der Waals surface area contributed by atoms with E-state index in [2.05, 4.69) is 0 Å². The van der Waals surface area contributed by atoms with Crippen molar-refractivity contribution in [2.45, 2.75) is 63.1 Å². The molecular weight excluding hydrogens is 474 g/mol. The van der Waals surface area contributed by atoms with Crippen molar-refractivity contribution in [3.8, 4) is 0 Å². The van der Waals surface area contributed by atoms with Gasteiger partial charge in [0, 0.05) is 30.5 Å². The van der Waals surface area contributed by atoms with Crippen molar-refractivity contribution in [3.63, 3.8) is 0 Å². The summed E-state index contributed by atoms with van der Waals surface area (Å²) in [5.74, 6) is -1.35. The highest BCUT2D eigenvalue weighted by Crippen LogP contribution is 2.16. The van der Waals surface area contributed by atoms with Crippen molar-refractivity contribution in [2.24, 2.45) is 11.5 Å². The van der Waals surface area contributed by atoms with Gasteiger partial charge in [-0.25, -0.2) is 8.78 Å². The zero-order valence-corrected chi connectivity index (χ0v) is 20.8. The minimum absolute atomic E-state index is 0.0208. The van der Waals surface area contributed by atoms with Gasteiger partial charge in [-0.15, -0.1) is 0 Å². The Morgan fingerprint density at radius 3 is 2.24 bits per heavy atom. The summed E-state index contributed by atoms with van der Waals surface area (Å²) < 4.78 is 27.1. The Balaban J connectivity index is 1.40. The number of benzene rings is 3. The van der Waals surface area contributed by atoms with Gasteiger partial charge in [0.2, 0.25) is 0 Å². The molecular formula is C30H34F2N2O3. The summed E-state index contributed by atoms with van der Waals surface area (Å²) in [4.78, 5) is 25.0. The van der Waals surface area contributed by atoms with E-state index in [9.17, 15) is 23.5 Å². The third-order valence-corrected chi connectivity index (χ3v) is 6.42. The molecule has 37 heavy (non-hydrogen) atoms. The zero-order valence-electron chi connectivity index (χ0n) is 20.8. The highest BCUT2D eigenvalue weighted by Gasteiger charge is 2.23. The van der Waals surface area contributed by atoms with Crippen LogP contribution in [0, 0.1) is 11.6 Å². The van der Waals surface area contributed by atoms with E-state index in [4.69, 9.17) is 11.5 Å². The van der Waals surface area contributed by atoms with Crippen LogP contribution < -0.4 is 11.5 Å². The van der Waals surface area contributed by atoms with Crippen LogP contribution in [0.3, 0.4) is 0 Å². The number of Topliss-reactive ketones (excluding diaryl/α,β-unsaturated/α-hetero) is 2. The van der Waals surface area contributed by atoms with E-state index in [1.807, 2.05) is 30.3 Å². The Morgan fingerprint density at radius 1 is 0.838 bits per heavy atom. The highest BCUT2D eigenvalue weighted by molar-refractivity contribution is 5.96. The molecule has 3 aromatic carbocycles. The molecule has 5 nitrogen and oxygen atoms in total. The van der Waals surface area contributed by atoms with Crippen molar-refractivity contribution < 1.29 is 23.5 Å². The third kappa shape index (κ3) is 8.97. The van der Waals surface area contributed by atoms with Crippen molar-refractivity contribution in [2.75, 3.05) is 0 Å². The lowest BCUT2D eigenvalue weighted by atomic mass is 9.95. The van der Waals surface area contributed by atoms with Crippen LogP contribution in [0.25, 0.3) is 0 Å². The zero-order chi connectivity index (χ0) is 26.8. The number of hydrogen-bond acceptors (Lipinski definition) is 5. The van der Waals surface area contributed by atoms with Crippen molar-refractivity contribution in [3.05, 3.63) is 107 Å². The number of ketones is 2. The summed E-state index contributed by atoms with van der Waals surface area (Å²) in [6, 6.07) is 18.6. The molecule has 0 spiro atoms. The van der Waals surface area contributed by atoms with Gasteiger partial charge in [0.05, 0.1) is 0 Å². The largest absolute Gasteiger partial charge is 0.384 e. The first-order valence-electron chi connectivity index (χ1n) is 12.5. The van der Waals surface area contributed by atoms with Gasteiger partial charge in [-0.05, 0) is 60.6 Å². The maximum atomic E-state index is 13.8. The first-order valence-corrected chi connectivity index (χ1v) is 12.5. The molecule has 0 saturated heterocycles.